The van der Waals surface area contributed by atoms with Gasteiger partial charge in [-0.3, -0.25) is 4.79 Å². The number of rotatable bonds is 7. The van der Waals surface area contributed by atoms with Crippen LogP contribution in [-0.2, 0) is 17.9 Å². The quantitative estimate of drug-likeness (QED) is 0.775. The van der Waals surface area contributed by atoms with Crippen molar-refractivity contribution in [1.29, 1.82) is 5.26 Å². The summed E-state index contributed by atoms with van der Waals surface area (Å²) in [5.74, 6) is 0.741. The number of carbonyl (C=O) groups excluding carboxylic acids is 1. The highest BCUT2D eigenvalue weighted by molar-refractivity contribution is 5.76. The van der Waals surface area contributed by atoms with Crippen molar-refractivity contribution in [1.82, 2.24) is 10.3 Å². The van der Waals surface area contributed by atoms with Crippen LogP contribution in [0.2, 0.25) is 0 Å². The van der Waals surface area contributed by atoms with E-state index in [9.17, 15) is 4.79 Å². The Balaban J connectivity index is 1.41. The zero-order valence-corrected chi connectivity index (χ0v) is 15.6. The van der Waals surface area contributed by atoms with E-state index in [2.05, 4.69) is 39.9 Å². The zero-order valence-electron chi connectivity index (χ0n) is 15.6. The number of nitriles is 1. The lowest BCUT2D eigenvalue weighted by atomic mass is 9.87. The first-order valence-electron chi connectivity index (χ1n) is 9.67. The molecule has 1 heterocycles. The molecule has 0 bridgehead atoms. The van der Waals surface area contributed by atoms with Gasteiger partial charge < -0.3 is 10.6 Å². The van der Waals surface area contributed by atoms with E-state index in [4.69, 9.17) is 5.26 Å². The molecule has 0 radical (unpaired) electrons. The third-order valence-corrected chi connectivity index (χ3v) is 5.09. The highest BCUT2D eigenvalue weighted by Crippen LogP contribution is 2.26. The summed E-state index contributed by atoms with van der Waals surface area (Å²) < 4.78 is 0. The van der Waals surface area contributed by atoms with Gasteiger partial charge in [0, 0.05) is 19.5 Å². The smallest absolute Gasteiger partial charge is 0.220 e. The summed E-state index contributed by atoms with van der Waals surface area (Å²) in [5, 5.41) is 15.1. The maximum absolute atomic E-state index is 12.1. The van der Waals surface area contributed by atoms with E-state index in [1.54, 1.807) is 12.3 Å². The van der Waals surface area contributed by atoms with Crippen molar-refractivity contribution >= 4 is 11.6 Å². The normalized spacial score (nSPS) is 14.3. The molecule has 2 N–H and O–H groups in total. The van der Waals surface area contributed by atoms with E-state index in [1.165, 1.54) is 32.1 Å². The predicted molar refractivity (Wildman–Crippen MR) is 106 cm³/mol. The second-order valence-corrected chi connectivity index (χ2v) is 7.20. The number of hydrogen-bond acceptors (Lipinski definition) is 4. The highest BCUT2D eigenvalue weighted by Gasteiger charge is 2.16. The lowest BCUT2D eigenvalue weighted by Gasteiger charge is -2.20. The van der Waals surface area contributed by atoms with Gasteiger partial charge in [0.1, 0.15) is 11.8 Å². The van der Waals surface area contributed by atoms with Gasteiger partial charge in [-0.15, -0.1) is 0 Å². The van der Waals surface area contributed by atoms with Crippen LogP contribution in [0.5, 0.6) is 0 Å². The van der Waals surface area contributed by atoms with E-state index >= 15 is 0 Å². The van der Waals surface area contributed by atoms with Crippen LogP contribution in [0.4, 0.5) is 5.69 Å². The van der Waals surface area contributed by atoms with Crippen molar-refractivity contribution < 1.29 is 4.79 Å². The fraction of sp³-hybridized carbons (Fsp3) is 0.409. The molecule has 1 aliphatic rings. The summed E-state index contributed by atoms with van der Waals surface area (Å²) in [4.78, 5) is 16.2. The van der Waals surface area contributed by atoms with Crippen molar-refractivity contribution in [2.45, 2.75) is 51.6 Å². The Morgan fingerprint density at radius 1 is 1.04 bits per heavy atom. The molecular formula is C22H26N4O. The van der Waals surface area contributed by atoms with E-state index in [0.717, 1.165) is 16.8 Å². The number of nitrogens with zero attached hydrogens (tertiary/aromatic N) is 2. The van der Waals surface area contributed by atoms with E-state index in [0.29, 0.717) is 31.1 Å². The molecule has 0 aliphatic heterocycles. The minimum Gasteiger partial charge on any atom is -0.380 e. The largest absolute Gasteiger partial charge is 0.380 e. The Morgan fingerprint density at radius 2 is 1.74 bits per heavy atom. The van der Waals surface area contributed by atoms with Crippen molar-refractivity contribution in [3.05, 3.63) is 59.4 Å². The third kappa shape index (κ3) is 6.10. The second-order valence-electron chi connectivity index (χ2n) is 7.20. The molecule has 0 saturated heterocycles. The predicted octanol–water partition coefficient (Wildman–Crippen LogP) is 4.15. The molecular weight excluding hydrogens is 336 g/mol. The molecule has 5 heteroatoms. The van der Waals surface area contributed by atoms with Crippen molar-refractivity contribution in [2.75, 3.05) is 5.32 Å². The zero-order chi connectivity index (χ0) is 18.9. The van der Waals surface area contributed by atoms with Gasteiger partial charge in [0.05, 0.1) is 11.9 Å². The number of carbonyl (C=O) groups is 1. The summed E-state index contributed by atoms with van der Waals surface area (Å²) in [6.07, 6.45) is 8.59. The number of anilines is 1. The number of hydrogen-bond donors (Lipinski definition) is 2. The first-order chi connectivity index (χ1) is 13.2. The summed E-state index contributed by atoms with van der Waals surface area (Å²) >= 11 is 0. The second kappa shape index (κ2) is 9.72. The van der Waals surface area contributed by atoms with Crippen molar-refractivity contribution in [2.24, 2.45) is 5.92 Å². The molecule has 140 valence electrons. The first kappa shape index (κ1) is 18.9. The Morgan fingerprint density at radius 3 is 2.37 bits per heavy atom. The van der Waals surface area contributed by atoms with Crippen LogP contribution in [0.1, 0.15) is 55.3 Å². The topological polar surface area (TPSA) is 77.8 Å². The molecule has 3 rings (SSSR count). The molecule has 5 nitrogen and oxygen atoms in total. The fourth-order valence-corrected chi connectivity index (χ4v) is 3.47. The van der Waals surface area contributed by atoms with Crippen LogP contribution in [0.3, 0.4) is 0 Å². The van der Waals surface area contributed by atoms with Gasteiger partial charge in [0.2, 0.25) is 5.91 Å². The number of benzene rings is 1. The van der Waals surface area contributed by atoms with E-state index < -0.39 is 0 Å². The van der Waals surface area contributed by atoms with Crippen LogP contribution >= 0.6 is 0 Å². The van der Waals surface area contributed by atoms with Crippen LogP contribution in [-0.4, -0.2) is 10.9 Å². The molecule has 2 aromatic rings. The van der Waals surface area contributed by atoms with Gasteiger partial charge >= 0.3 is 0 Å². The average Bonchev–Trinajstić information content (AvgIpc) is 2.72. The van der Waals surface area contributed by atoms with Gasteiger partial charge in [-0.1, -0.05) is 43.5 Å². The minimum absolute atomic E-state index is 0.168. The van der Waals surface area contributed by atoms with Crippen LogP contribution in [0.25, 0.3) is 0 Å². The van der Waals surface area contributed by atoms with Gasteiger partial charge in [-0.05, 0) is 42.0 Å². The van der Waals surface area contributed by atoms with Crippen LogP contribution < -0.4 is 10.6 Å². The molecule has 1 aromatic carbocycles. The Kier molecular flexibility index (Phi) is 6.81. The Labute approximate surface area is 160 Å². The summed E-state index contributed by atoms with van der Waals surface area (Å²) in [6, 6.07) is 13.8. The number of pyridine rings is 1. The van der Waals surface area contributed by atoms with Crippen LogP contribution in [0.15, 0.2) is 42.6 Å². The summed E-state index contributed by atoms with van der Waals surface area (Å²) in [7, 11) is 0. The molecule has 0 atom stereocenters. The van der Waals surface area contributed by atoms with E-state index in [1.807, 2.05) is 12.1 Å². The molecule has 1 aliphatic carbocycles. The van der Waals surface area contributed by atoms with Crippen LogP contribution in [0, 0.1) is 17.2 Å². The van der Waals surface area contributed by atoms with E-state index in [-0.39, 0.29) is 5.91 Å². The highest BCUT2D eigenvalue weighted by atomic mass is 16.1. The van der Waals surface area contributed by atoms with Gasteiger partial charge in [0.25, 0.3) is 0 Å². The summed E-state index contributed by atoms with van der Waals surface area (Å²) in [5.41, 5.74) is 3.55. The number of amides is 1. The third-order valence-electron chi connectivity index (χ3n) is 5.09. The molecule has 1 fully saturated rings. The average molecular weight is 362 g/mol. The molecule has 0 unspecified atom stereocenters. The van der Waals surface area contributed by atoms with Crippen molar-refractivity contribution in [3.63, 3.8) is 0 Å². The number of nitrogens with one attached hydrogen (secondary N) is 2. The fourth-order valence-electron chi connectivity index (χ4n) is 3.47. The van der Waals surface area contributed by atoms with Gasteiger partial charge in [0.15, 0.2) is 0 Å². The van der Waals surface area contributed by atoms with Gasteiger partial charge in [-0.25, -0.2) is 4.98 Å². The standard InChI is InChI=1S/C22H26N4O/c23-13-20-10-11-21(16-25-20)24-14-18-6-8-19(9-7-18)15-26-22(27)12-17-4-2-1-3-5-17/h6-11,16-17,24H,1-5,12,14-15H2,(H,26,27). The van der Waals surface area contributed by atoms with Gasteiger partial charge in [-0.2, -0.15) is 5.26 Å². The molecule has 1 amide bonds. The molecule has 27 heavy (non-hydrogen) atoms. The number of aromatic nitrogens is 1. The summed E-state index contributed by atoms with van der Waals surface area (Å²) in [6.45, 7) is 1.26. The Hall–Kier alpha value is -2.87. The van der Waals surface area contributed by atoms with Crippen molar-refractivity contribution in [3.8, 4) is 6.07 Å². The molecule has 1 saturated carbocycles. The maximum atomic E-state index is 12.1. The first-order valence-corrected chi connectivity index (χ1v) is 9.67. The molecule has 1 aromatic heterocycles. The lowest BCUT2D eigenvalue weighted by Crippen LogP contribution is -2.25. The lowest BCUT2D eigenvalue weighted by molar-refractivity contribution is -0.122. The minimum atomic E-state index is 0.168. The molecule has 0 spiro atoms. The SMILES string of the molecule is N#Cc1ccc(NCc2ccc(CNC(=O)CC3CCCCC3)cc2)cn1. The maximum Gasteiger partial charge on any atom is 0.220 e. The monoisotopic (exact) mass is 362 g/mol. The Bertz CT molecular complexity index is 771.